The van der Waals surface area contributed by atoms with E-state index < -0.39 is 5.97 Å². The number of benzene rings is 1. The van der Waals surface area contributed by atoms with Gasteiger partial charge in [-0.3, -0.25) is 4.90 Å². The highest BCUT2D eigenvalue weighted by Crippen LogP contribution is 2.22. The monoisotopic (exact) mass is 288 g/mol. The maximum atomic E-state index is 11.4. The van der Waals surface area contributed by atoms with Crippen LogP contribution in [0, 0.1) is 0 Å². The Morgan fingerprint density at radius 2 is 2.24 bits per heavy atom. The third-order valence-electron chi connectivity index (χ3n) is 4.09. The van der Waals surface area contributed by atoms with E-state index in [2.05, 4.69) is 11.8 Å². The topological polar surface area (TPSA) is 54.7 Å². The van der Waals surface area contributed by atoms with Crippen LogP contribution in [0.15, 0.2) is 30.5 Å². The van der Waals surface area contributed by atoms with Gasteiger partial charge in [0, 0.05) is 30.2 Å². The van der Waals surface area contributed by atoms with Crippen molar-refractivity contribution >= 4 is 16.9 Å². The molecule has 1 saturated heterocycles. The fraction of sp³-hybridized carbons (Fsp3) is 0.438. The van der Waals surface area contributed by atoms with Crippen molar-refractivity contribution < 1.29 is 14.6 Å². The fourth-order valence-electron chi connectivity index (χ4n) is 2.97. The molecule has 1 aliphatic rings. The average molecular weight is 288 g/mol. The molecule has 5 nitrogen and oxygen atoms in total. The van der Waals surface area contributed by atoms with Crippen molar-refractivity contribution in [2.24, 2.45) is 0 Å². The summed E-state index contributed by atoms with van der Waals surface area (Å²) in [4.78, 5) is 13.7. The van der Waals surface area contributed by atoms with Gasteiger partial charge < -0.3 is 14.4 Å². The summed E-state index contributed by atoms with van der Waals surface area (Å²) in [5, 5.41) is 10.1. The Bertz CT molecular complexity index is 650. The van der Waals surface area contributed by atoms with E-state index in [0.717, 1.165) is 37.1 Å². The number of ether oxygens (including phenoxy) is 1. The van der Waals surface area contributed by atoms with Gasteiger partial charge in [-0.15, -0.1) is 0 Å². The summed E-state index contributed by atoms with van der Waals surface area (Å²) in [6.07, 6.45) is 1.83. The molecular formula is C16H20N2O3. The first-order chi connectivity index (χ1) is 10.2. The van der Waals surface area contributed by atoms with Crippen LogP contribution in [0.2, 0.25) is 0 Å². The first-order valence-electron chi connectivity index (χ1n) is 7.34. The molecule has 112 valence electrons. The van der Waals surface area contributed by atoms with Crippen LogP contribution in [0.3, 0.4) is 0 Å². The number of fused-ring (bicyclic) bond motifs is 1. The Balaban J connectivity index is 1.88. The summed E-state index contributed by atoms with van der Waals surface area (Å²) in [6.45, 7) is 6.46. The maximum absolute atomic E-state index is 11.4. The van der Waals surface area contributed by atoms with Crippen LogP contribution in [-0.2, 0) is 11.3 Å². The van der Waals surface area contributed by atoms with E-state index in [1.54, 1.807) is 6.20 Å². The smallest absolute Gasteiger partial charge is 0.337 e. The molecule has 2 heterocycles. The number of likely N-dealkylation sites (N-methyl/N-ethyl adjacent to an activating group) is 1. The molecule has 1 unspecified atom stereocenters. The second-order valence-electron chi connectivity index (χ2n) is 5.40. The first-order valence-corrected chi connectivity index (χ1v) is 7.34. The molecule has 1 atom stereocenters. The van der Waals surface area contributed by atoms with E-state index in [9.17, 15) is 9.90 Å². The van der Waals surface area contributed by atoms with Crippen molar-refractivity contribution in [2.45, 2.75) is 19.6 Å². The molecule has 0 bridgehead atoms. The minimum Gasteiger partial charge on any atom is -0.478 e. The fourth-order valence-corrected chi connectivity index (χ4v) is 2.97. The molecule has 0 saturated carbocycles. The van der Waals surface area contributed by atoms with Crippen LogP contribution >= 0.6 is 0 Å². The lowest BCUT2D eigenvalue weighted by molar-refractivity contribution is -0.0337. The molecule has 0 spiro atoms. The molecule has 1 aliphatic heterocycles. The lowest BCUT2D eigenvalue weighted by atomic mass is 10.2. The summed E-state index contributed by atoms with van der Waals surface area (Å²) in [7, 11) is 0. The van der Waals surface area contributed by atoms with Crippen molar-refractivity contribution in [1.82, 2.24) is 9.47 Å². The number of hydrogen-bond donors (Lipinski definition) is 1. The van der Waals surface area contributed by atoms with Gasteiger partial charge in [0.2, 0.25) is 0 Å². The summed E-state index contributed by atoms with van der Waals surface area (Å²) < 4.78 is 7.83. The lowest BCUT2D eigenvalue weighted by Gasteiger charge is -2.32. The number of carboxylic acids is 1. The number of carboxylic acid groups (broad SMARTS) is 1. The summed E-state index contributed by atoms with van der Waals surface area (Å²) >= 11 is 0. The zero-order chi connectivity index (χ0) is 14.8. The van der Waals surface area contributed by atoms with Crippen molar-refractivity contribution in [2.75, 3.05) is 26.2 Å². The maximum Gasteiger partial charge on any atom is 0.337 e. The van der Waals surface area contributed by atoms with Crippen LogP contribution in [-0.4, -0.2) is 52.9 Å². The molecule has 21 heavy (non-hydrogen) atoms. The molecule has 1 aromatic carbocycles. The minimum absolute atomic E-state index is 0.108. The van der Waals surface area contributed by atoms with Gasteiger partial charge in [-0.05, 0) is 12.6 Å². The van der Waals surface area contributed by atoms with Crippen LogP contribution in [0.1, 0.15) is 17.3 Å². The highest BCUT2D eigenvalue weighted by Gasteiger charge is 2.21. The average Bonchev–Trinajstić information content (AvgIpc) is 2.87. The van der Waals surface area contributed by atoms with Crippen molar-refractivity contribution in [3.05, 3.63) is 36.0 Å². The number of aromatic carboxylic acids is 1. The van der Waals surface area contributed by atoms with Gasteiger partial charge in [0.15, 0.2) is 0 Å². The zero-order valence-corrected chi connectivity index (χ0v) is 12.2. The van der Waals surface area contributed by atoms with Crippen molar-refractivity contribution in [1.29, 1.82) is 0 Å². The van der Waals surface area contributed by atoms with Crippen LogP contribution < -0.4 is 0 Å². The van der Waals surface area contributed by atoms with E-state index in [1.165, 1.54) is 0 Å². The van der Waals surface area contributed by atoms with Crippen LogP contribution in [0.5, 0.6) is 0 Å². The molecule has 5 heteroatoms. The van der Waals surface area contributed by atoms with Gasteiger partial charge in [0.1, 0.15) is 0 Å². The lowest BCUT2D eigenvalue weighted by Crippen LogP contribution is -2.43. The van der Waals surface area contributed by atoms with Crippen LogP contribution in [0.4, 0.5) is 0 Å². The number of carbonyl (C=O) groups is 1. The van der Waals surface area contributed by atoms with Crippen LogP contribution in [0.25, 0.3) is 10.9 Å². The predicted molar refractivity (Wildman–Crippen MR) is 80.8 cm³/mol. The Morgan fingerprint density at radius 3 is 3.00 bits per heavy atom. The Labute approximate surface area is 123 Å². The van der Waals surface area contributed by atoms with Gasteiger partial charge in [0.05, 0.1) is 24.8 Å². The zero-order valence-electron chi connectivity index (χ0n) is 12.2. The Morgan fingerprint density at radius 1 is 1.43 bits per heavy atom. The second-order valence-corrected chi connectivity index (χ2v) is 5.40. The quantitative estimate of drug-likeness (QED) is 0.935. The van der Waals surface area contributed by atoms with E-state index in [1.807, 2.05) is 28.8 Å². The normalized spacial score (nSPS) is 20.0. The van der Waals surface area contributed by atoms with E-state index in [4.69, 9.17) is 4.74 Å². The van der Waals surface area contributed by atoms with E-state index in [-0.39, 0.29) is 6.10 Å². The van der Waals surface area contributed by atoms with Crippen molar-refractivity contribution in [3.63, 3.8) is 0 Å². The molecule has 0 radical (unpaired) electrons. The SMILES string of the molecule is CCN1CCOC(Cn2cc(C(=O)O)c3ccccc32)C1. The van der Waals surface area contributed by atoms with Crippen molar-refractivity contribution in [3.8, 4) is 0 Å². The molecule has 1 N–H and O–H groups in total. The predicted octanol–water partition coefficient (Wildman–Crippen LogP) is 2.06. The summed E-state index contributed by atoms with van der Waals surface area (Å²) in [6, 6.07) is 7.62. The number of rotatable bonds is 4. The largest absolute Gasteiger partial charge is 0.478 e. The molecule has 1 fully saturated rings. The number of para-hydroxylation sites is 1. The van der Waals surface area contributed by atoms with E-state index >= 15 is 0 Å². The summed E-state index contributed by atoms with van der Waals surface area (Å²) in [5.41, 5.74) is 1.31. The van der Waals surface area contributed by atoms with Gasteiger partial charge in [-0.25, -0.2) is 4.79 Å². The minimum atomic E-state index is -0.885. The van der Waals surface area contributed by atoms with E-state index in [0.29, 0.717) is 12.1 Å². The number of hydrogen-bond acceptors (Lipinski definition) is 3. The molecule has 0 aliphatic carbocycles. The molecule has 0 amide bonds. The standard InChI is InChI=1S/C16H20N2O3/c1-2-17-7-8-21-12(9-17)10-18-11-14(16(19)20)13-5-3-4-6-15(13)18/h3-6,11-12H,2,7-10H2,1H3,(H,19,20). The molecule has 1 aromatic heterocycles. The Hall–Kier alpha value is -1.85. The molecule has 3 rings (SSSR count). The molecule has 2 aromatic rings. The third-order valence-corrected chi connectivity index (χ3v) is 4.09. The second kappa shape index (κ2) is 5.87. The number of aromatic nitrogens is 1. The number of morpholine rings is 1. The highest BCUT2D eigenvalue weighted by molar-refractivity contribution is 6.03. The Kier molecular flexibility index (Phi) is 3.94. The highest BCUT2D eigenvalue weighted by atomic mass is 16.5. The summed E-state index contributed by atoms with van der Waals surface area (Å²) in [5.74, 6) is -0.885. The van der Waals surface area contributed by atoms with Gasteiger partial charge in [-0.1, -0.05) is 25.1 Å². The van der Waals surface area contributed by atoms with Gasteiger partial charge >= 0.3 is 5.97 Å². The first kappa shape index (κ1) is 14.1. The van der Waals surface area contributed by atoms with Gasteiger partial charge in [-0.2, -0.15) is 0 Å². The number of nitrogens with zero attached hydrogens (tertiary/aromatic N) is 2. The molecular weight excluding hydrogens is 268 g/mol. The van der Waals surface area contributed by atoms with Gasteiger partial charge in [0.25, 0.3) is 0 Å². The third kappa shape index (κ3) is 2.80.